The average Bonchev–Trinajstić information content (AvgIpc) is 2.75. The zero-order valence-corrected chi connectivity index (χ0v) is 10.6. The van der Waals surface area contributed by atoms with Gasteiger partial charge >= 0.3 is 0 Å². The summed E-state index contributed by atoms with van der Waals surface area (Å²) in [5.41, 5.74) is 2.36. The summed E-state index contributed by atoms with van der Waals surface area (Å²) in [6.07, 6.45) is 6.67. The van der Waals surface area contributed by atoms with E-state index in [1.807, 2.05) is 6.20 Å². The Morgan fingerprint density at radius 3 is 3.24 bits per heavy atom. The molecule has 0 saturated heterocycles. The molecule has 2 rings (SSSR count). The van der Waals surface area contributed by atoms with Crippen LogP contribution >= 0.6 is 0 Å². The first-order valence-corrected chi connectivity index (χ1v) is 6.48. The van der Waals surface area contributed by atoms with Gasteiger partial charge in [0.1, 0.15) is 0 Å². The Morgan fingerprint density at radius 2 is 2.47 bits per heavy atom. The monoisotopic (exact) mass is 235 g/mol. The molecule has 0 saturated carbocycles. The van der Waals surface area contributed by atoms with Gasteiger partial charge in [-0.15, -0.1) is 0 Å². The van der Waals surface area contributed by atoms with Gasteiger partial charge < -0.3 is 5.32 Å². The summed E-state index contributed by atoms with van der Waals surface area (Å²) < 4.78 is 0. The van der Waals surface area contributed by atoms with Gasteiger partial charge in [0.2, 0.25) is 5.91 Å². The Kier molecular flexibility index (Phi) is 3.82. The molecule has 0 radical (unpaired) electrons. The zero-order valence-electron chi connectivity index (χ0n) is 10.6. The second-order valence-electron chi connectivity index (χ2n) is 5.25. The number of amides is 1. The minimum Gasteiger partial charge on any atom is -0.348 e. The van der Waals surface area contributed by atoms with Crippen molar-refractivity contribution in [2.75, 3.05) is 0 Å². The number of hydrogen-bond donors (Lipinski definition) is 2. The van der Waals surface area contributed by atoms with Gasteiger partial charge in [0.15, 0.2) is 0 Å². The van der Waals surface area contributed by atoms with Crippen molar-refractivity contribution >= 4 is 5.91 Å². The van der Waals surface area contributed by atoms with E-state index in [0.717, 1.165) is 31.4 Å². The van der Waals surface area contributed by atoms with Crippen LogP contribution in [-0.2, 0) is 11.2 Å². The molecular weight excluding hydrogens is 214 g/mol. The number of rotatable bonds is 4. The molecule has 0 fully saturated rings. The molecule has 1 aliphatic rings. The van der Waals surface area contributed by atoms with Crippen molar-refractivity contribution in [3.05, 3.63) is 17.5 Å². The van der Waals surface area contributed by atoms with Crippen molar-refractivity contribution in [1.29, 1.82) is 0 Å². The highest BCUT2D eigenvalue weighted by Gasteiger charge is 2.23. The Labute approximate surface area is 102 Å². The topological polar surface area (TPSA) is 57.8 Å². The molecule has 2 N–H and O–H groups in total. The van der Waals surface area contributed by atoms with Crippen LogP contribution in [0.2, 0.25) is 0 Å². The van der Waals surface area contributed by atoms with Crippen molar-refractivity contribution in [3.8, 4) is 0 Å². The molecule has 1 aromatic heterocycles. The maximum Gasteiger partial charge on any atom is 0.220 e. The van der Waals surface area contributed by atoms with Crippen molar-refractivity contribution in [3.63, 3.8) is 0 Å². The number of carbonyl (C=O) groups is 1. The number of hydrogen-bond acceptors (Lipinski definition) is 2. The highest BCUT2D eigenvalue weighted by molar-refractivity contribution is 5.76. The normalized spacial score (nSPS) is 19.1. The molecule has 4 heteroatoms. The van der Waals surface area contributed by atoms with Crippen LogP contribution in [0.15, 0.2) is 6.20 Å². The lowest BCUT2D eigenvalue weighted by molar-refractivity contribution is -0.122. The van der Waals surface area contributed by atoms with Crippen LogP contribution in [0.3, 0.4) is 0 Å². The molecule has 0 unspecified atom stereocenters. The average molecular weight is 235 g/mol. The third kappa shape index (κ3) is 3.08. The summed E-state index contributed by atoms with van der Waals surface area (Å²) in [6, 6.07) is 0.140. The van der Waals surface area contributed by atoms with Crippen molar-refractivity contribution < 1.29 is 4.79 Å². The molecule has 0 aliphatic heterocycles. The van der Waals surface area contributed by atoms with Crippen LogP contribution in [0.25, 0.3) is 0 Å². The van der Waals surface area contributed by atoms with E-state index in [4.69, 9.17) is 0 Å². The maximum absolute atomic E-state index is 11.8. The van der Waals surface area contributed by atoms with Gasteiger partial charge in [0, 0.05) is 6.42 Å². The van der Waals surface area contributed by atoms with Gasteiger partial charge in [-0.3, -0.25) is 9.89 Å². The Hall–Kier alpha value is -1.32. The number of nitrogens with one attached hydrogen (secondary N) is 2. The fourth-order valence-corrected chi connectivity index (χ4v) is 2.29. The van der Waals surface area contributed by atoms with E-state index in [0.29, 0.717) is 12.3 Å². The summed E-state index contributed by atoms with van der Waals surface area (Å²) in [4.78, 5) is 11.8. The largest absolute Gasteiger partial charge is 0.348 e. The molecule has 0 aromatic carbocycles. The number of aromatic nitrogens is 2. The lowest BCUT2D eigenvalue weighted by Gasteiger charge is -2.23. The molecular formula is C13H21N3O. The van der Waals surface area contributed by atoms with Crippen LogP contribution in [0.1, 0.15) is 56.8 Å². The molecule has 4 nitrogen and oxygen atoms in total. The molecule has 0 spiro atoms. The second kappa shape index (κ2) is 5.34. The Balaban J connectivity index is 1.90. The summed E-state index contributed by atoms with van der Waals surface area (Å²) in [5, 5.41) is 10.2. The van der Waals surface area contributed by atoms with E-state index in [-0.39, 0.29) is 11.9 Å². The van der Waals surface area contributed by atoms with E-state index in [2.05, 4.69) is 29.4 Å². The van der Waals surface area contributed by atoms with Crippen LogP contribution in [-0.4, -0.2) is 16.1 Å². The number of fused-ring (bicyclic) bond motifs is 1. The lowest BCUT2D eigenvalue weighted by atomic mass is 9.93. The first-order valence-electron chi connectivity index (χ1n) is 6.48. The predicted octanol–water partition coefficient (Wildman–Crippen LogP) is 2.34. The Bertz CT molecular complexity index is 384. The minimum absolute atomic E-state index is 0.140. The van der Waals surface area contributed by atoms with Crippen LogP contribution in [0, 0.1) is 5.92 Å². The molecule has 1 aliphatic carbocycles. The highest BCUT2D eigenvalue weighted by Crippen LogP contribution is 2.27. The fourth-order valence-electron chi connectivity index (χ4n) is 2.29. The summed E-state index contributed by atoms with van der Waals surface area (Å²) in [5.74, 6) is 0.737. The molecule has 1 amide bonds. The summed E-state index contributed by atoms with van der Waals surface area (Å²) in [6.45, 7) is 4.28. The third-order valence-corrected chi connectivity index (χ3v) is 3.32. The van der Waals surface area contributed by atoms with E-state index < -0.39 is 0 Å². The third-order valence-electron chi connectivity index (χ3n) is 3.32. The smallest absolute Gasteiger partial charge is 0.220 e. The van der Waals surface area contributed by atoms with Gasteiger partial charge in [0.25, 0.3) is 0 Å². The van der Waals surface area contributed by atoms with Crippen LogP contribution in [0.4, 0.5) is 0 Å². The van der Waals surface area contributed by atoms with E-state index in [9.17, 15) is 4.79 Å². The number of H-pyrrole nitrogens is 1. The summed E-state index contributed by atoms with van der Waals surface area (Å²) >= 11 is 0. The number of nitrogens with zero attached hydrogens (tertiary/aromatic N) is 1. The van der Waals surface area contributed by atoms with E-state index in [1.165, 1.54) is 5.56 Å². The van der Waals surface area contributed by atoms with Gasteiger partial charge in [0.05, 0.1) is 17.9 Å². The number of aromatic amines is 1. The predicted molar refractivity (Wildman–Crippen MR) is 66.5 cm³/mol. The first kappa shape index (κ1) is 12.1. The zero-order chi connectivity index (χ0) is 12.3. The highest BCUT2D eigenvalue weighted by atomic mass is 16.1. The quantitative estimate of drug-likeness (QED) is 0.841. The maximum atomic E-state index is 11.8. The molecule has 1 aromatic rings. The van der Waals surface area contributed by atoms with Crippen molar-refractivity contribution in [2.45, 2.75) is 52.0 Å². The van der Waals surface area contributed by atoms with Crippen molar-refractivity contribution in [2.24, 2.45) is 5.92 Å². The molecule has 17 heavy (non-hydrogen) atoms. The first-order chi connectivity index (χ1) is 8.16. The second-order valence-corrected chi connectivity index (χ2v) is 5.25. The molecule has 94 valence electrons. The van der Waals surface area contributed by atoms with Crippen LogP contribution < -0.4 is 5.32 Å². The van der Waals surface area contributed by atoms with Crippen LogP contribution in [0.5, 0.6) is 0 Å². The molecule has 1 heterocycles. The SMILES string of the molecule is CC(C)CCC(=O)N[C@H]1CCCc2cn[nH]c21. The minimum atomic E-state index is 0.140. The number of aryl methyl sites for hydroxylation is 1. The molecule has 1 atom stereocenters. The fraction of sp³-hybridized carbons (Fsp3) is 0.692. The van der Waals surface area contributed by atoms with E-state index in [1.54, 1.807) is 0 Å². The lowest BCUT2D eigenvalue weighted by Crippen LogP contribution is -2.31. The molecule has 0 bridgehead atoms. The van der Waals surface area contributed by atoms with Gasteiger partial charge in [-0.2, -0.15) is 5.10 Å². The van der Waals surface area contributed by atoms with Gasteiger partial charge in [-0.05, 0) is 37.2 Å². The standard InChI is InChI=1S/C13H21N3O/c1-9(2)6-7-12(17)15-11-5-3-4-10-8-14-16-13(10)11/h8-9,11H,3-7H2,1-2H3,(H,14,16)(H,15,17)/t11-/m0/s1. The van der Waals surface area contributed by atoms with E-state index >= 15 is 0 Å². The Morgan fingerprint density at radius 1 is 1.65 bits per heavy atom. The number of carbonyl (C=O) groups excluding carboxylic acids is 1. The van der Waals surface area contributed by atoms with Crippen molar-refractivity contribution in [1.82, 2.24) is 15.5 Å². The van der Waals surface area contributed by atoms with Gasteiger partial charge in [-0.25, -0.2) is 0 Å². The summed E-state index contributed by atoms with van der Waals surface area (Å²) in [7, 11) is 0. The van der Waals surface area contributed by atoms with Gasteiger partial charge in [-0.1, -0.05) is 13.8 Å².